The van der Waals surface area contributed by atoms with E-state index in [-0.39, 0.29) is 5.41 Å². The molecule has 1 unspecified atom stereocenters. The molecule has 0 spiro atoms. The minimum Gasteiger partial charge on any atom is -0.396 e. The summed E-state index contributed by atoms with van der Waals surface area (Å²) < 4.78 is 0. The molecule has 0 aromatic carbocycles. The van der Waals surface area contributed by atoms with E-state index in [1.807, 2.05) is 0 Å². The van der Waals surface area contributed by atoms with Crippen LogP contribution in [0.1, 0.15) is 33.6 Å². The Morgan fingerprint density at radius 1 is 1.30 bits per heavy atom. The van der Waals surface area contributed by atoms with Gasteiger partial charge in [0.1, 0.15) is 0 Å². The minimum atomic E-state index is 0.235. The maximum atomic E-state index is 9.06. The molecule has 1 heteroatoms. The molecular weight excluding hydrogens is 124 g/mol. The molecule has 0 saturated heterocycles. The molecule has 0 aromatic heterocycles. The number of hydrogen-bond acceptors (Lipinski definition) is 1. The quantitative estimate of drug-likeness (QED) is 0.594. The third-order valence-electron chi connectivity index (χ3n) is 2.98. The number of hydrogen-bond donors (Lipinski definition) is 1. The molecule has 1 fully saturated rings. The number of aliphatic hydroxyl groups is 1. The van der Waals surface area contributed by atoms with Gasteiger partial charge in [0, 0.05) is 6.61 Å². The van der Waals surface area contributed by atoms with Crippen LogP contribution in [0.3, 0.4) is 0 Å². The summed E-state index contributed by atoms with van der Waals surface area (Å²) in [6.07, 6.45) is 2.40. The summed E-state index contributed by atoms with van der Waals surface area (Å²) in [5.74, 6) is 1.61. The van der Waals surface area contributed by atoms with Gasteiger partial charge < -0.3 is 5.11 Å². The third kappa shape index (κ3) is 1.34. The van der Waals surface area contributed by atoms with Crippen molar-refractivity contribution >= 4 is 0 Å². The molecule has 1 rings (SSSR count). The molecule has 0 aliphatic heterocycles. The summed E-state index contributed by atoms with van der Waals surface area (Å²) in [6.45, 7) is 7.12. The topological polar surface area (TPSA) is 20.2 Å². The molecule has 1 nitrogen and oxygen atoms in total. The van der Waals surface area contributed by atoms with Gasteiger partial charge in [0.2, 0.25) is 0 Å². The van der Waals surface area contributed by atoms with Crippen molar-refractivity contribution in [1.29, 1.82) is 0 Å². The van der Waals surface area contributed by atoms with Crippen LogP contribution in [0.5, 0.6) is 0 Å². The van der Waals surface area contributed by atoms with Crippen LogP contribution in [-0.2, 0) is 0 Å². The van der Waals surface area contributed by atoms with Gasteiger partial charge in [0.15, 0.2) is 0 Å². The van der Waals surface area contributed by atoms with Gasteiger partial charge in [-0.25, -0.2) is 0 Å². The van der Waals surface area contributed by atoms with Crippen molar-refractivity contribution in [2.75, 3.05) is 6.61 Å². The Hall–Kier alpha value is -0.0400. The summed E-state index contributed by atoms with van der Waals surface area (Å²) in [6, 6.07) is 0. The lowest BCUT2D eigenvalue weighted by atomic mass is 9.89. The van der Waals surface area contributed by atoms with E-state index < -0.39 is 0 Å². The molecule has 0 aromatic rings. The molecule has 1 saturated carbocycles. The molecule has 10 heavy (non-hydrogen) atoms. The van der Waals surface area contributed by atoms with Crippen LogP contribution in [0.25, 0.3) is 0 Å². The Morgan fingerprint density at radius 3 is 1.90 bits per heavy atom. The SMILES string of the molecule is C[C@@H]1CC(C)(CO)C[C@@H]1C. The second-order valence-electron chi connectivity index (χ2n) is 4.33. The van der Waals surface area contributed by atoms with E-state index in [2.05, 4.69) is 20.8 Å². The van der Waals surface area contributed by atoms with Crippen molar-refractivity contribution in [3.8, 4) is 0 Å². The highest BCUT2D eigenvalue weighted by molar-refractivity contribution is 4.87. The fraction of sp³-hybridized carbons (Fsp3) is 1.00. The van der Waals surface area contributed by atoms with Crippen LogP contribution in [0.2, 0.25) is 0 Å². The fourth-order valence-electron chi connectivity index (χ4n) is 2.17. The van der Waals surface area contributed by atoms with Crippen molar-refractivity contribution in [1.82, 2.24) is 0 Å². The Bertz CT molecular complexity index is 110. The van der Waals surface area contributed by atoms with E-state index in [1.165, 1.54) is 12.8 Å². The zero-order valence-electron chi connectivity index (χ0n) is 7.22. The van der Waals surface area contributed by atoms with Gasteiger partial charge in [-0.1, -0.05) is 20.8 Å². The predicted octanol–water partition coefficient (Wildman–Crippen LogP) is 2.05. The van der Waals surface area contributed by atoms with Crippen LogP contribution in [0.4, 0.5) is 0 Å². The number of aliphatic hydroxyl groups excluding tert-OH is 1. The van der Waals surface area contributed by atoms with E-state index in [0.717, 1.165) is 11.8 Å². The Balaban J connectivity index is 2.55. The van der Waals surface area contributed by atoms with E-state index in [4.69, 9.17) is 5.11 Å². The summed E-state index contributed by atoms with van der Waals surface area (Å²) in [4.78, 5) is 0. The third-order valence-corrected chi connectivity index (χ3v) is 2.98. The molecule has 1 aliphatic rings. The first-order valence-electron chi connectivity index (χ1n) is 4.18. The van der Waals surface area contributed by atoms with Crippen LogP contribution in [0.15, 0.2) is 0 Å². The Kier molecular flexibility index (Phi) is 2.04. The minimum absolute atomic E-state index is 0.235. The fourth-order valence-corrected chi connectivity index (χ4v) is 2.17. The van der Waals surface area contributed by atoms with Gasteiger partial charge in [0.25, 0.3) is 0 Å². The summed E-state index contributed by atoms with van der Waals surface area (Å²) in [5.41, 5.74) is 0.235. The maximum absolute atomic E-state index is 9.06. The van der Waals surface area contributed by atoms with Crippen molar-refractivity contribution in [3.05, 3.63) is 0 Å². The van der Waals surface area contributed by atoms with Gasteiger partial charge in [0.05, 0.1) is 0 Å². The lowest BCUT2D eigenvalue weighted by Crippen LogP contribution is -2.16. The Morgan fingerprint density at radius 2 is 1.70 bits per heavy atom. The zero-order chi connectivity index (χ0) is 7.78. The van der Waals surface area contributed by atoms with Crippen molar-refractivity contribution in [2.45, 2.75) is 33.6 Å². The maximum Gasteiger partial charge on any atom is 0.0484 e. The molecule has 0 bridgehead atoms. The second-order valence-corrected chi connectivity index (χ2v) is 4.33. The highest BCUT2D eigenvalue weighted by Gasteiger charge is 2.36. The lowest BCUT2D eigenvalue weighted by Gasteiger charge is -2.19. The van der Waals surface area contributed by atoms with E-state index in [0.29, 0.717) is 6.61 Å². The van der Waals surface area contributed by atoms with Gasteiger partial charge in [-0.3, -0.25) is 0 Å². The van der Waals surface area contributed by atoms with Crippen LogP contribution in [0, 0.1) is 17.3 Å². The molecule has 1 aliphatic carbocycles. The van der Waals surface area contributed by atoms with Crippen LogP contribution >= 0.6 is 0 Å². The monoisotopic (exact) mass is 142 g/mol. The molecule has 3 atom stereocenters. The summed E-state index contributed by atoms with van der Waals surface area (Å²) in [5, 5.41) is 9.06. The average Bonchev–Trinajstić information content (AvgIpc) is 2.10. The first-order valence-corrected chi connectivity index (χ1v) is 4.18. The highest BCUT2D eigenvalue weighted by atomic mass is 16.3. The highest BCUT2D eigenvalue weighted by Crippen LogP contribution is 2.44. The summed E-state index contributed by atoms with van der Waals surface area (Å²) >= 11 is 0. The first-order chi connectivity index (χ1) is 4.57. The lowest BCUT2D eigenvalue weighted by molar-refractivity contribution is 0.143. The van der Waals surface area contributed by atoms with Crippen molar-refractivity contribution < 1.29 is 5.11 Å². The van der Waals surface area contributed by atoms with Gasteiger partial charge in [-0.05, 0) is 30.1 Å². The first kappa shape index (κ1) is 8.06. The molecule has 0 radical (unpaired) electrons. The van der Waals surface area contributed by atoms with Gasteiger partial charge in [-0.15, -0.1) is 0 Å². The molecule has 60 valence electrons. The van der Waals surface area contributed by atoms with Crippen molar-refractivity contribution in [3.63, 3.8) is 0 Å². The van der Waals surface area contributed by atoms with Gasteiger partial charge >= 0.3 is 0 Å². The van der Waals surface area contributed by atoms with Crippen molar-refractivity contribution in [2.24, 2.45) is 17.3 Å². The van der Waals surface area contributed by atoms with Crippen LogP contribution in [-0.4, -0.2) is 11.7 Å². The molecular formula is C9H18O. The smallest absolute Gasteiger partial charge is 0.0484 e. The molecule has 1 N–H and O–H groups in total. The van der Waals surface area contributed by atoms with E-state index in [9.17, 15) is 0 Å². The second kappa shape index (κ2) is 2.54. The summed E-state index contributed by atoms with van der Waals surface area (Å²) in [7, 11) is 0. The van der Waals surface area contributed by atoms with E-state index >= 15 is 0 Å². The van der Waals surface area contributed by atoms with Gasteiger partial charge in [-0.2, -0.15) is 0 Å². The molecule has 0 heterocycles. The average molecular weight is 142 g/mol. The molecule has 0 amide bonds. The van der Waals surface area contributed by atoms with E-state index in [1.54, 1.807) is 0 Å². The largest absolute Gasteiger partial charge is 0.396 e. The Labute approximate surface area is 63.4 Å². The number of rotatable bonds is 1. The normalized spacial score (nSPS) is 48.0. The predicted molar refractivity (Wildman–Crippen MR) is 42.8 cm³/mol. The zero-order valence-corrected chi connectivity index (χ0v) is 7.22. The standard InChI is InChI=1S/C9H18O/c1-7-4-9(3,6-10)5-8(7)2/h7-8,10H,4-6H2,1-3H3/t7-,8+,9?. The van der Waals surface area contributed by atoms with Crippen LogP contribution < -0.4 is 0 Å².